The molecule has 0 spiro atoms. The van der Waals surface area contributed by atoms with E-state index in [0.29, 0.717) is 27.9 Å². The molecule has 2 heterocycles. The Labute approximate surface area is 164 Å². The van der Waals surface area contributed by atoms with E-state index in [2.05, 4.69) is 15.4 Å². The lowest BCUT2D eigenvalue weighted by molar-refractivity contribution is 0.0948. The van der Waals surface area contributed by atoms with Crippen LogP contribution in [0.1, 0.15) is 10.4 Å². The minimum Gasteiger partial charge on any atom is -0.267 e. The lowest BCUT2D eigenvalue weighted by atomic mass is 10.1. The normalized spacial score (nSPS) is 11.1. The first kappa shape index (κ1) is 17.0. The molecule has 2 aromatic heterocycles. The maximum atomic E-state index is 13.4. The van der Waals surface area contributed by atoms with Gasteiger partial charge in [0.05, 0.1) is 16.8 Å². The molecule has 0 unspecified atom stereocenters. The zero-order chi connectivity index (χ0) is 19.8. The van der Waals surface area contributed by atoms with Gasteiger partial charge in [0.15, 0.2) is 0 Å². The van der Waals surface area contributed by atoms with E-state index >= 15 is 0 Å². The van der Waals surface area contributed by atoms with E-state index in [4.69, 9.17) is 0 Å². The molecule has 0 saturated heterocycles. The fourth-order valence-electron chi connectivity index (χ4n) is 3.20. The molecule has 0 fully saturated rings. The molecule has 0 atom stereocenters. The fraction of sp³-hybridized carbons (Fsp3) is 0. The molecule has 140 valence electrons. The van der Waals surface area contributed by atoms with Crippen LogP contribution in [-0.4, -0.2) is 30.7 Å². The van der Waals surface area contributed by atoms with Gasteiger partial charge in [0, 0.05) is 11.8 Å². The fourth-order valence-corrected chi connectivity index (χ4v) is 3.20. The number of aromatic nitrogens is 5. The number of hydrogen-bond donors (Lipinski definition) is 0. The van der Waals surface area contributed by atoms with Crippen molar-refractivity contribution in [1.29, 1.82) is 0 Å². The van der Waals surface area contributed by atoms with E-state index in [0.717, 1.165) is 5.69 Å². The standard InChI is InChI=1S/C22H14FN5O/c23-16-12-10-15(11-13-16)21-18(14-27(25-21)17-6-2-1-3-7-17)22(29)28-20-9-5-4-8-19(20)24-26-28/h1-14H. The number of benzene rings is 3. The quantitative estimate of drug-likeness (QED) is 0.470. The van der Waals surface area contributed by atoms with E-state index < -0.39 is 0 Å². The molecule has 0 N–H and O–H groups in total. The number of rotatable bonds is 3. The van der Waals surface area contributed by atoms with Gasteiger partial charge in [-0.1, -0.05) is 35.5 Å². The van der Waals surface area contributed by atoms with Gasteiger partial charge in [0.1, 0.15) is 17.0 Å². The molecule has 5 rings (SSSR count). The summed E-state index contributed by atoms with van der Waals surface area (Å²) in [5.74, 6) is -0.716. The van der Waals surface area contributed by atoms with Gasteiger partial charge in [-0.05, 0) is 48.5 Å². The average molecular weight is 383 g/mol. The highest BCUT2D eigenvalue weighted by Crippen LogP contribution is 2.25. The largest absolute Gasteiger partial charge is 0.284 e. The Morgan fingerprint density at radius 1 is 0.862 bits per heavy atom. The molecule has 0 bridgehead atoms. The summed E-state index contributed by atoms with van der Waals surface area (Å²) >= 11 is 0. The van der Waals surface area contributed by atoms with Gasteiger partial charge in [0.25, 0.3) is 5.91 Å². The van der Waals surface area contributed by atoms with Crippen molar-refractivity contribution in [3.8, 4) is 16.9 Å². The van der Waals surface area contributed by atoms with Crippen molar-refractivity contribution in [1.82, 2.24) is 24.8 Å². The van der Waals surface area contributed by atoms with Crippen LogP contribution in [0.5, 0.6) is 0 Å². The van der Waals surface area contributed by atoms with E-state index in [1.807, 2.05) is 42.5 Å². The third-order valence-electron chi connectivity index (χ3n) is 4.63. The SMILES string of the molecule is O=C(c1cn(-c2ccccc2)nc1-c1ccc(F)cc1)n1nnc2ccccc21. The number of carbonyl (C=O) groups is 1. The monoisotopic (exact) mass is 383 g/mol. The lowest BCUT2D eigenvalue weighted by Crippen LogP contribution is -2.14. The Hall–Kier alpha value is -4.13. The Bertz CT molecular complexity index is 1320. The Kier molecular flexibility index (Phi) is 3.98. The minimum atomic E-state index is -0.361. The Morgan fingerprint density at radius 2 is 1.59 bits per heavy atom. The molecule has 7 heteroatoms. The van der Waals surface area contributed by atoms with Crippen LogP contribution in [0.4, 0.5) is 4.39 Å². The highest BCUT2D eigenvalue weighted by Gasteiger charge is 2.22. The molecular weight excluding hydrogens is 369 g/mol. The molecule has 3 aromatic carbocycles. The van der Waals surface area contributed by atoms with Crippen molar-refractivity contribution in [3.05, 3.63) is 96.4 Å². The summed E-state index contributed by atoms with van der Waals surface area (Å²) in [6.07, 6.45) is 1.66. The predicted octanol–water partition coefficient (Wildman–Crippen LogP) is 4.11. The molecule has 0 aliphatic carbocycles. The summed E-state index contributed by atoms with van der Waals surface area (Å²) in [6.45, 7) is 0. The Balaban J connectivity index is 1.69. The average Bonchev–Trinajstić information content (AvgIpc) is 3.39. The summed E-state index contributed by atoms with van der Waals surface area (Å²) < 4.78 is 16.3. The highest BCUT2D eigenvalue weighted by molar-refractivity contribution is 6.04. The highest BCUT2D eigenvalue weighted by atomic mass is 19.1. The van der Waals surface area contributed by atoms with Crippen LogP contribution < -0.4 is 0 Å². The third-order valence-corrected chi connectivity index (χ3v) is 4.63. The second kappa shape index (κ2) is 6.79. The van der Waals surface area contributed by atoms with E-state index in [9.17, 15) is 9.18 Å². The summed E-state index contributed by atoms with van der Waals surface area (Å²) in [7, 11) is 0. The second-order valence-corrected chi connectivity index (χ2v) is 6.47. The lowest BCUT2D eigenvalue weighted by Gasteiger charge is -2.02. The summed E-state index contributed by atoms with van der Waals surface area (Å²) in [5.41, 5.74) is 3.46. The topological polar surface area (TPSA) is 65.6 Å². The van der Waals surface area contributed by atoms with Crippen molar-refractivity contribution in [2.45, 2.75) is 0 Å². The zero-order valence-electron chi connectivity index (χ0n) is 15.1. The molecule has 0 amide bonds. The van der Waals surface area contributed by atoms with Gasteiger partial charge in [-0.2, -0.15) is 9.78 Å². The maximum Gasteiger partial charge on any atom is 0.284 e. The van der Waals surface area contributed by atoms with Crippen LogP contribution in [0.3, 0.4) is 0 Å². The Morgan fingerprint density at radius 3 is 2.38 bits per heavy atom. The van der Waals surface area contributed by atoms with Crippen molar-refractivity contribution in [2.75, 3.05) is 0 Å². The molecule has 0 aliphatic heterocycles. The third kappa shape index (κ3) is 2.98. The number of hydrogen-bond acceptors (Lipinski definition) is 4. The maximum absolute atomic E-state index is 13.4. The van der Waals surface area contributed by atoms with E-state index in [1.54, 1.807) is 35.1 Å². The van der Waals surface area contributed by atoms with Crippen molar-refractivity contribution in [3.63, 3.8) is 0 Å². The predicted molar refractivity (Wildman–Crippen MR) is 106 cm³/mol. The summed E-state index contributed by atoms with van der Waals surface area (Å²) in [6, 6.07) is 22.6. The minimum absolute atomic E-state index is 0.344. The molecule has 29 heavy (non-hydrogen) atoms. The van der Waals surface area contributed by atoms with Gasteiger partial charge in [-0.3, -0.25) is 4.79 Å². The number of para-hydroxylation sites is 2. The first-order chi connectivity index (χ1) is 14.2. The summed E-state index contributed by atoms with van der Waals surface area (Å²) in [5, 5.41) is 12.7. The molecule has 6 nitrogen and oxygen atoms in total. The summed E-state index contributed by atoms with van der Waals surface area (Å²) in [4.78, 5) is 13.4. The van der Waals surface area contributed by atoms with Crippen LogP contribution in [0, 0.1) is 5.82 Å². The van der Waals surface area contributed by atoms with Crippen molar-refractivity contribution < 1.29 is 9.18 Å². The number of carbonyl (C=O) groups excluding carboxylic acids is 1. The number of nitrogens with zero attached hydrogens (tertiary/aromatic N) is 5. The van der Waals surface area contributed by atoms with Gasteiger partial charge in [0.2, 0.25) is 0 Å². The van der Waals surface area contributed by atoms with Crippen LogP contribution in [0.15, 0.2) is 85.1 Å². The van der Waals surface area contributed by atoms with Gasteiger partial charge in [-0.15, -0.1) is 5.10 Å². The first-order valence-corrected chi connectivity index (χ1v) is 8.97. The van der Waals surface area contributed by atoms with E-state index in [1.165, 1.54) is 16.8 Å². The van der Waals surface area contributed by atoms with Crippen molar-refractivity contribution in [2.24, 2.45) is 0 Å². The first-order valence-electron chi connectivity index (χ1n) is 8.97. The van der Waals surface area contributed by atoms with E-state index in [-0.39, 0.29) is 11.7 Å². The van der Waals surface area contributed by atoms with Gasteiger partial charge >= 0.3 is 0 Å². The molecular formula is C22H14FN5O. The molecule has 0 saturated carbocycles. The van der Waals surface area contributed by atoms with Crippen molar-refractivity contribution >= 4 is 16.9 Å². The number of fused-ring (bicyclic) bond motifs is 1. The second-order valence-electron chi connectivity index (χ2n) is 6.47. The van der Waals surface area contributed by atoms with Crippen LogP contribution in [-0.2, 0) is 0 Å². The number of halogens is 1. The molecule has 5 aromatic rings. The zero-order valence-corrected chi connectivity index (χ0v) is 15.1. The van der Waals surface area contributed by atoms with Gasteiger partial charge < -0.3 is 0 Å². The van der Waals surface area contributed by atoms with Crippen LogP contribution in [0.25, 0.3) is 28.0 Å². The van der Waals surface area contributed by atoms with Crippen LogP contribution >= 0.6 is 0 Å². The van der Waals surface area contributed by atoms with Crippen LogP contribution in [0.2, 0.25) is 0 Å². The van der Waals surface area contributed by atoms with Gasteiger partial charge in [-0.25, -0.2) is 9.07 Å². The molecule has 0 radical (unpaired) electrons. The molecule has 0 aliphatic rings. The smallest absolute Gasteiger partial charge is 0.267 e.